The smallest absolute Gasteiger partial charge is 0.387 e. The van der Waals surface area contributed by atoms with E-state index in [0.29, 0.717) is 0 Å². The van der Waals surface area contributed by atoms with Crippen LogP contribution in [0.15, 0.2) is 12.1 Å². The first-order valence-corrected chi connectivity index (χ1v) is 4.36. The molecule has 1 rings (SSSR count). The van der Waals surface area contributed by atoms with Gasteiger partial charge in [-0.2, -0.15) is 8.78 Å². The summed E-state index contributed by atoms with van der Waals surface area (Å²) in [5, 5.41) is 8.58. The van der Waals surface area contributed by atoms with E-state index in [4.69, 9.17) is 5.11 Å². The molecule has 0 aromatic heterocycles. The summed E-state index contributed by atoms with van der Waals surface area (Å²) >= 11 is 0. The van der Waals surface area contributed by atoms with Crippen LogP contribution in [0.3, 0.4) is 0 Å². The van der Waals surface area contributed by atoms with Crippen molar-refractivity contribution in [2.75, 3.05) is 0 Å². The largest absolute Gasteiger partial charge is 0.481 e. The van der Waals surface area contributed by atoms with Crippen LogP contribution in [0.5, 0.6) is 5.75 Å². The maximum absolute atomic E-state index is 13.1. The van der Waals surface area contributed by atoms with Crippen molar-refractivity contribution in [2.45, 2.75) is 20.0 Å². The van der Waals surface area contributed by atoms with E-state index in [2.05, 4.69) is 4.74 Å². The number of alkyl halides is 2. The highest BCUT2D eigenvalue weighted by molar-refractivity contribution is 5.72. The number of hydrogen-bond donors (Lipinski definition) is 1. The van der Waals surface area contributed by atoms with Gasteiger partial charge < -0.3 is 9.84 Å². The van der Waals surface area contributed by atoms with Gasteiger partial charge in [0, 0.05) is 5.56 Å². The van der Waals surface area contributed by atoms with Gasteiger partial charge >= 0.3 is 12.6 Å². The summed E-state index contributed by atoms with van der Waals surface area (Å²) in [5.41, 5.74) is -0.0756. The first kappa shape index (κ1) is 12.4. The van der Waals surface area contributed by atoms with Crippen LogP contribution >= 0.6 is 0 Å². The van der Waals surface area contributed by atoms with Gasteiger partial charge in [0.05, 0.1) is 6.42 Å². The van der Waals surface area contributed by atoms with Gasteiger partial charge in [-0.05, 0) is 24.6 Å². The molecule has 0 radical (unpaired) electrons. The van der Waals surface area contributed by atoms with Gasteiger partial charge in [0.25, 0.3) is 0 Å². The molecule has 0 atom stereocenters. The van der Waals surface area contributed by atoms with Gasteiger partial charge in [0.1, 0.15) is 11.6 Å². The standard InChI is InChI=1S/C10H9F3O3/c1-5-6(4-9(14)15)8(16-10(12)13)3-2-7(5)11/h2-3,10H,4H2,1H3,(H,14,15). The molecule has 0 saturated carbocycles. The van der Waals surface area contributed by atoms with Crippen LogP contribution in [-0.2, 0) is 11.2 Å². The summed E-state index contributed by atoms with van der Waals surface area (Å²) in [4.78, 5) is 10.5. The third-order valence-corrected chi connectivity index (χ3v) is 2.03. The van der Waals surface area contributed by atoms with E-state index < -0.39 is 24.8 Å². The molecular weight excluding hydrogens is 225 g/mol. The Morgan fingerprint density at radius 1 is 1.50 bits per heavy atom. The molecule has 6 heteroatoms. The molecule has 0 aliphatic rings. The molecule has 1 aromatic rings. The number of benzene rings is 1. The summed E-state index contributed by atoms with van der Waals surface area (Å²) in [7, 11) is 0. The molecule has 0 amide bonds. The third-order valence-electron chi connectivity index (χ3n) is 2.03. The SMILES string of the molecule is Cc1c(F)ccc(OC(F)F)c1CC(=O)O. The molecule has 1 aromatic carbocycles. The Hall–Kier alpha value is -1.72. The van der Waals surface area contributed by atoms with Gasteiger partial charge in [0.2, 0.25) is 0 Å². The summed E-state index contributed by atoms with van der Waals surface area (Å²) in [6.45, 7) is -1.76. The zero-order valence-corrected chi connectivity index (χ0v) is 8.34. The van der Waals surface area contributed by atoms with E-state index >= 15 is 0 Å². The number of carboxylic acids is 1. The number of carbonyl (C=O) groups is 1. The van der Waals surface area contributed by atoms with Gasteiger partial charge in [-0.25, -0.2) is 4.39 Å². The summed E-state index contributed by atoms with van der Waals surface area (Å²) in [5.74, 6) is -2.21. The molecule has 0 fully saturated rings. The van der Waals surface area contributed by atoms with Crippen LogP contribution in [0.25, 0.3) is 0 Å². The fourth-order valence-electron chi connectivity index (χ4n) is 1.28. The number of halogens is 3. The Bertz CT molecular complexity index is 405. The first-order chi connectivity index (χ1) is 7.41. The molecule has 88 valence electrons. The van der Waals surface area contributed by atoms with Crippen LogP contribution in [0.4, 0.5) is 13.2 Å². The van der Waals surface area contributed by atoms with E-state index in [0.717, 1.165) is 12.1 Å². The van der Waals surface area contributed by atoms with E-state index in [1.165, 1.54) is 6.92 Å². The molecule has 0 aliphatic carbocycles. The summed E-state index contributed by atoms with van der Waals surface area (Å²) in [6.07, 6.45) is -0.564. The average Bonchev–Trinajstić information content (AvgIpc) is 2.16. The van der Waals surface area contributed by atoms with Gasteiger partial charge in [-0.3, -0.25) is 4.79 Å². The average molecular weight is 234 g/mol. The molecule has 1 N–H and O–H groups in total. The minimum Gasteiger partial charge on any atom is -0.481 e. The lowest BCUT2D eigenvalue weighted by Crippen LogP contribution is -2.10. The van der Waals surface area contributed by atoms with Crippen molar-refractivity contribution in [3.05, 3.63) is 29.1 Å². The van der Waals surface area contributed by atoms with Crippen molar-refractivity contribution >= 4 is 5.97 Å². The molecule has 3 nitrogen and oxygen atoms in total. The topological polar surface area (TPSA) is 46.5 Å². The van der Waals surface area contributed by atoms with E-state index in [9.17, 15) is 18.0 Å². The van der Waals surface area contributed by atoms with Gasteiger partial charge in [-0.1, -0.05) is 0 Å². The highest BCUT2D eigenvalue weighted by Crippen LogP contribution is 2.26. The minimum atomic E-state index is -3.07. The lowest BCUT2D eigenvalue weighted by Gasteiger charge is -2.12. The third kappa shape index (κ3) is 2.88. The normalized spacial score (nSPS) is 10.6. The molecule has 0 spiro atoms. The second-order valence-corrected chi connectivity index (χ2v) is 3.10. The van der Waals surface area contributed by atoms with Crippen molar-refractivity contribution < 1.29 is 27.8 Å². The monoisotopic (exact) mass is 234 g/mol. The van der Waals surface area contributed by atoms with Crippen LogP contribution < -0.4 is 4.74 Å². The lowest BCUT2D eigenvalue weighted by molar-refractivity contribution is -0.136. The highest BCUT2D eigenvalue weighted by atomic mass is 19.3. The van der Waals surface area contributed by atoms with Crippen LogP contribution in [0, 0.1) is 12.7 Å². The molecule has 0 unspecified atom stereocenters. The number of ether oxygens (including phenoxy) is 1. The van der Waals surface area contributed by atoms with Crippen molar-refractivity contribution in [2.24, 2.45) is 0 Å². The summed E-state index contributed by atoms with van der Waals surface area (Å²) in [6, 6.07) is 1.95. The molecule has 0 aliphatic heterocycles. The Labute approximate surface area is 89.5 Å². The Balaban J connectivity index is 3.15. The quantitative estimate of drug-likeness (QED) is 0.869. The van der Waals surface area contributed by atoms with Crippen LogP contribution in [0.2, 0.25) is 0 Å². The number of aliphatic carboxylic acids is 1. The van der Waals surface area contributed by atoms with E-state index in [-0.39, 0.29) is 16.9 Å². The highest BCUT2D eigenvalue weighted by Gasteiger charge is 2.16. The predicted molar refractivity (Wildman–Crippen MR) is 49.1 cm³/mol. The fraction of sp³-hybridized carbons (Fsp3) is 0.300. The number of rotatable bonds is 4. The molecular formula is C10H9F3O3. The zero-order chi connectivity index (χ0) is 12.3. The maximum Gasteiger partial charge on any atom is 0.387 e. The molecule has 0 bridgehead atoms. The van der Waals surface area contributed by atoms with Crippen LogP contribution in [0.1, 0.15) is 11.1 Å². The molecule has 0 saturated heterocycles. The predicted octanol–water partition coefficient (Wildman–Crippen LogP) is 2.36. The zero-order valence-electron chi connectivity index (χ0n) is 8.34. The van der Waals surface area contributed by atoms with E-state index in [1.54, 1.807) is 0 Å². The fourth-order valence-corrected chi connectivity index (χ4v) is 1.28. The summed E-state index contributed by atoms with van der Waals surface area (Å²) < 4.78 is 41.2. The Morgan fingerprint density at radius 2 is 2.12 bits per heavy atom. The number of hydrogen-bond acceptors (Lipinski definition) is 2. The Morgan fingerprint density at radius 3 is 2.62 bits per heavy atom. The van der Waals surface area contributed by atoms with E-state index in [1.807, 2.05) is 0 Å². The minimum absolute atomic E-state index is 0.000509. The number of carboxylic acid groups (broad SMARTS) is 1. The van der Waals surface area contributed by atoms with Gasteiger partial charge in [-0.15, -0.1) is 0 Å². The van der Waals surface area contributed by atoms with Gasteiger partial charge in [0.15, 0.2) is 0 Å². The van der Waals surface area contributed by atoms with Crippen molar-refractivity contribution in [1.82, 2.24) is 0 Å². The lowest BCUT2D eigenvalue weighted by atomic mass is 10.0. The van der Waals surface area contributed by atoms with Crippen molar-refractivity contribution in [3.8, 4) is 5.75 Å². The second-order valence-electron chi connectivity index (χ2n) is 3.10. The Kier molecular flexibility index (Phi) is 3.76. The van der Waals surface area contributed by atoms with Crippen molar-refractivity contribution in [3.63, 3.8) is 0 Å². The maximum atomic E-state index is 13.1. The molecule has 0 heterocycles. The van der Waals surface area contributed by atoms with Crippen LogP contribution in [-0.4, -0.2) is 17.7 Å². The second kappa shape index (κ2) is 4.87. The van der Waals surface area contributed by atoms with Crippen molar-refractivity contribution in [1.29, 1.82) is 0 Å². The molecule has 16 heavy (non-hydrogen) atoms. The first-order valence-electron chi connectivity index (χ1n) is 4.36.